The summed E-state index contributed by atoms with van der Waals surface area (Å²) in [6.45, 7) is 8.97. The van der Waals surface area contributed by atoms with E-state index in [0.29, 0.717) is 0 Å². The molecule has 0 unspecified atom stereocenters. The quantitative estimate of drug-likeness (QED) is 0.119. The second-order valence-electron chi connectivity index (χ2n) is 33.9. The van der Waals surface area contributed by atoms with Gasteiger partial charge in [0.25, 0.3) is 0 Å². The van der Waals surface area contributed by atoms with Crippen molar-refractivity contribution in [1.29, 1.82) is 0 Å². The summed E-state index contributed by atoms with van der Waals surface area (Å²) in [4.78, 5) is 0. The molecule has 0 spiro atoms. The Morgan fingerprint density at radius 3 is 0.810 bits per heavy atom. The first-order valence-electron chi connectivity index (χ1n) is 44.0. The van der Waals surface area contributed by atoms with E-state index in [1.54, 1.807) is 0 Å². The van der Waals surface area contributed by atoms with Crippen LogP contribution in [0.25, 0.3) is 239 Å². The lowest BCUT2D eigenvalue weighted by Gasteiger charge is -2.18. The lowest BCUT2D eigenvalue weighted by atomic mass is 9.85. The minimum atomic E-state index is 1.25. The fourth-order valence-corrected chi connectivity index (χ4v) is 21.2. The maximum atomic E-state index is 2.41. The Kier molecular flexibility index (Phi) is 18.6. The number of rotatable bonds is 5. The maximum Gasteiger partial charge on any atom is -0.00202 e. The Hall–Kier alpha value is -15.9. The third-order valence-electron chi connectivity index (χ3n) is 27.1. The number of benzene rings is 26. The molecule has 0 atom stereocenters. The summed E-state index contributed by atoms with van der Waals surface area (Å²) in [6.07, 6.45) is 0. The van der Waals surface area contributed by atoms with Gasteiger partial charge in [-0.1, -0.05) is 413 Å². The molecule has 26 aromatic rings. The number of fused-ring (bicyclic) bond motifs is 20. The van der Waals surface area contributed by atoms with Gasteiger partial charge in [-0.3, -0.25) is 0 Å². The van der Waals surface area contributed by atoms with Gasteiger partial charge in [0.05, 0.1) is 0 Å². The van der Waals surface area contributed by atoms with Crippen LogP contribution in [0.2, 0.25) is 0 Å². The summed E-state index contributed by atoms with van der Waals surface area (Å²) >= 11 is 0. The number of hydrogen-bond donors (Lipinski definition) is 0. The van der Waals surface area contributed by atoms with Crippen LogP contribution >= 0.6 is 0 Å². The average Bonchev–Trinajstić information content (AvgIpc) is 0.711. The molecule has 0 radical (unpaired) electrons. The van der Waals surface area contributed by atoms with Crippen molar-refractivity contribution in [2.24, 2.45) is 0 Å². The molecule has 0 heterocycles. The third-order valence-corrected chi connectivity index (χ3v) is 27.1. The minimum Gasteiger partial charge on any atom is -0.0622 e. The normalized spacial score (nSPS) is 11.7. The van der Waals surface area contributed by atoms with Gasteiger partial charge >= 0.3 is 0 Å². The van der Waals surface area contributed by atoms with Crippen molar-refractivity contribution in [2.45, 2.75) is 27.7 Å². The molecule has 126 heavy (non-hydrogen) atoms. The Morgan fingerprint density at radius 1 is 0.103 bits per heavy atom. The largest absolute Gasteiger partial charge is 0.0622 e. The van der Waals surface area contributed by atoms with E-state index in [1.165, 1.54) is 261 Å². The molecule has 0 amide bonds. The molecule has 0 saturated carbocycles. The van der Waals surface area contributed by atoms with Gasteiger partial charge in [-0.05, 0) is 325 Å². The first-order valence-corrected chi connectivity index (χ1v) is 44.0. The van der Waals surface area contributed by atoms with E-state index in [2.05, 4.69) is 477 Å². The predicted molar refractivity (Wildman–Crippen MR) is 549 cm³/mol. The van der Waals surface area contributed by atoms with E-state index < -0.39 is 0 Å². The van der Waals surface area contributed by atoms with Crippen molar-refractivity contribution in [3.05, 3.63) is 471 Å². The molecule has 0 nitrogen and oxygen atoms in total. The Morgan fingerprint density at radius 2 is 0.365 bits per heavy atom. The summed E-state index contributed by atoms with van der Waals surface area (Å²) in [5.41, 5.74) is 18.5. The van der Waals surface area contributed by atoms with E-state index in [1.807, 2.05) is 0 Å². The summed E-state index contributed by atoms with van der Waals surface area (Å²) in [5.74, 6) is 0. The van der Waals surface area contributed by atoms with Crippen LogP contribution < -0.4 is 0 Å². The van der Waals surface area contributed by atoms with Crippen LogP contribution in [-0.4, -0.2) is 0 Å². The third kappa shape index (κ3) is 12.6. The van der Waals surface area contributed by atoms with Crippen molar-refractivity contribution in [3.63, 3.8) is 0 Å². The van der Waals surface area contributed by atoms with Crippen LogP contribution in [0.15, 0.2) is 449 Å². The number of hydrogen-bond acceptors (Lipinski definition) is 0. The van der Waals surface area contributed by atoms with Crippen LogP contribution in [0.1, 0.15) is 22.3 Å². The van der Waals surface area contributed by atoms with Gasteiger partial charge in [0.15, 0.2) is 0 Å². The standard InChI is InChI=1S/C39H26.C33H22.C29H20.C25H18/c1-25-28-15-7-9-18-33(28)39(34-19-10-8-16-29(25)34)35-21-11-20-31-32(35)22-23-36-37(31)24-27-14-5-6-17-30(27)38(36)26-12-3-2-4-13-26;1-21-25-12-4-8-16-29(25)33(30-17-9-5-13-26(21)30)32-20-24-18-22-10-2-3-11-23(22)19-31(24)27-14-6-7-15-28(27)32;1-19-21-11-4-8-16-26(21)29(27-17-9-5-12-22(19)27)28-18-20-10-2-3-13-23(20)24-14-6-7-15-25(24)28;1-17-21-10-4-6-12-23(21)25(24-13-7-5-11-22(17)24)20-15-14-18-8-2-3-9-19(18)16-20/h2-24H,1H3;2-20H,1H3;2-18H,1H3;2-16H,1H3. The molecular formula is C126H86. The Balaban J connectivity index is 0.0000000978. The fourth-order valence-electron chi connectivity index (χ4n) is 21.2. The van der Waals surface area contributed by atoms with E-state index in [4.69, 9.17) is 0 Å². The highest BCUT2D eigenvalue weighted by atomic mass is 14.3. The van der Waals surface area contributed by atoms with Crippen LogP contribution in [0, 0.1) is 27.7 Å². The molecule has 0 aliphatic rings. The fraction of sp³-hybridized carbons (Fsp3) is 0.0317. The molecule has 26 aromatic carbocycles. The Bertz CT molecular complexity index is 8720. The molecule has 0 N–H and O–H groups in total. The van der Waals surface area contributed by atoms with Gasteiger partial charge in [0.1, 0.15) is 0 Å². The van der Waals surface area contributed by atoms with Crippen molar-refractivity contribution in [3.8, 4) is 55.6 Å². The zero-order valence-corrected chi connectivity index (χ0v) is 70.7. The molecule has 0 aliphatic heterocycles. The van der Waals surface area contributed by atoms with Gasteiger partial charge in [0, 0.05) is 0 Å². The van der Waals surface area contributed by atoms with Gasteiger partial charge < -0.3 is 0 Å². The average molecular weight is 1600 g/mol. The number of aryl methyl sites for hydroxylation is 4. The minimum absolute atomic E-state index is 1.25. The van der Waals surface area contributed by atoms with Gasteiger partial charge in [-0.2, -0.15) is 0 Å². The molecule has 0 aliphatic carbocycles. The lowest BCUT2D eigenvalue weighted by Crippen LogP contribution is -1.91. The van der Waals surface area contributed by atoms with Crippen LogP contribution in [0.5, 0.6) is 0 Å². The zero-order valence-electron chi connectivity index (χ0n) is 70.7. The SMILES string of the molecule is Cc1c2ccccc2c(-c2cc3cc4ccccc4cc3c3ccccc23)c2ccccc12.Cc1c2ccccc2c(-c2cc3ccccc3c3ccccc23)c2ccccc12.Cc1c2ccccc2c(-c2ccc3ccccc3c2)c2ccccc12.Cc1c2ccccc2c(-c2cccc3c2ccc2c(-c4ccccc4)c4ccccc4cc23)c2ccccc12. The summed E-state index contributed by atoms with van der Waals surface area (Å²) < 4.78 is 0. The Labute approximate surface area is 732 Å². The first kappa shape index (κ1) is 75.1. The maximum absolute atomic E-state index is 2.41. The molecule has 0 aromatic heterocycles. The second kappa shape index (κ2) is 31.2. The summed E-state index contributed by atoms with van der Waals surface area (Å²) in [6, 6.07) is 164. The second-order valence-corrected chi connectivity index (χ2v) is 33.9. The van der Waals surface area contributed by atoms with Gasteiger partial charge in [-0.25, -0.2) is 0 Å². The van der Waals surface area contributed by atoms with Crippen LogP contribution in [-0.2, 0) is 0 Å². The summed E-state index contributed by atoms with van der Waals surface area (Å²) in [7, 11) is 0. The van der Waals surface area contributed by atoms with Crippen LogP contribution in [0.4, 0.5) is 0 Å². The van der Waals surface area contributed by atoms with Crippen LogP contribution in [0.3, 0.4) is 0 Å². The summed E-state index contributed by atoms with van der Waals surface area (Å²) in [5, 5.41) is 44.5. The molecule has 0 fully saturated rings. The van der Waals surface area contributed by atoms with Gasteiger partial charge in [-0.15, -0.1) is 0 Å². The van der Waals surface area contributed by atoms with Crippen molar-refractivity contribution >= 4 is 183 Å². The van der Waals surface area contributed by atoms with Crippen molar-refractivity contribution < 1.29 is 0 Å². The first-order chi connectivity index (χ1) is 62.2. The van der Waals surface area contributed by atoms with Crippen molar-refractivity contribution in [1.82, 2.24) is 0 Å². The lowest BCUT2D eigenvalue weighted by molar-refractivity contribution is 1.58. The highest BCUT2D eigenvalue weighted by Gasteiger charge is 2.23. The molecule has 0 heteroatoms. The monoisotopic (exact) mass is 1600 g/mol. The molecule has 26 rings (SSSR count). The highest BCUT2D eigenvalue weighted by Crippen LogP contribution is 2.50. The van der Waals surface area contributed by atoms with Crippen molar-refractivity contribution in [2.75, 3.05) is 0 Å². The topological polar surface area (TPSA) is 0 Å². The highest BCUT2D eigenvalue weighted by molar-refractivity contribution is 6.28. The van der Waals surface area contributed by atoms with E-state index >= 15 is 0 Å². The smallest absolute Gasteiger partial charge is 0.00202 e. The van der Waals surface area contributed by atoms with E-state index in [-0.39, 0.29) is 0 Å². The molecular weight excluding hydrogens is 1510 g/mol. The molecule has 590 valence electrons. The van der Waals surface area contributed by atoms with E-state index in [9.17, 15) is 0 Å². The molecule has 0 saturated heterocycles. The predicted octanol–water partition coefficient (Wildman–Crippen LogP) is 35.9. The molecule has 0 bridgehead atoms. The van der Waals surface area contributed by atoms with Gasteiger partial charge in [0.2, 0.25) is 0 Å². The zero-order chi connectivity index (χ0) is 84.0. The van der Waals surface area contributed by atoms with E-state index in [0.717, 1.165) is 0 Å².